The standard InChI is InChI=1S/C20H26N4O4S/c1-13-6-5-7-16(8-13)29(27,28)23-12-15(24(19(25)26)20(2,3)4)10-17-18(23)9-14(21)11-22-17/h5-9,11,15H,10,12,21H2,1-4H3,(H,25,26). The van der Waals surface area contributed by atoms with Crippen molar-refractivity contribution in [2.45, 2.75) is 50.6 Å². The number of aryl methyl sites for hydroxylation is 1. The number of sulfonamides is 1. The van der Waals surface area contributed by atoms with E-state index in [0.29, 0.717) is 23.5 Å². The van der Waals surface area contributed by atoms with Crippen LogP contribution in [-0.4, -0.2) is 47.6 Å². The van der Waals surface area contributed by atoms with E-state index in [4.69, 9.17) is 5.73 Å². The average molecular weight is 419 g/mol. The molecule has 0 saturated carbocycles. The normalized spacial score (nSPS) is 17.0. The maximum Gasteiger partial charge on any atom is 0.408 e. The van der Waals surface area contributed by atoms with Gasteiger partial charge < -0.3 is 10.8 Å². The predicted octanol–water partition coefficient (Wildman–Crippen LogP) is 2.87. The molecule has 1 unspecified atom stereocenters. The van der Waals surface area contributed by atoms with Gasteiger partial charge in [0.2, 0.25) is 0 Å². The van der Waals surface area contributed by atoms with E-state index in [9.17, 15) is 18.3 Å². The molecule has 1 aromatic heterocycles. The van der Waals surface area contributed by atoms with Crippen LogP contribution in [0, 0.1) is 6.92 Å². The summed E-state index contributed by atoms with van der Waals surface area (Å²) in [5, 5.41) is 9.81. The van der Waals surface area contributed by atoms with Crippen LogP contribution in [-0.2, 0) is 16.4 Å². The predicted molar refractivity (Wildman–Crippen MR) is 111 cm³/mol. The van der Waals surface area contributed by atoms with Crippen molar-refractivity contribution in [2.24, 2.45) is 0 Å². The third kappa shape index (κ3) is 4.00. The first-order chi connectivity index (χ1) is 13.4. The number of pyridine rings is 1. The largest absolute Gasteiger partial charge is 0.465 e. The lowest BCUT2D eigenvalue weighted by Crippen LogP contribution is -2.58. The van der Waals surface area contributed by atoms with Gasteiger partial charge in [-0.3, -0.25) is 14.2 Å². The molecule has 0 spiro atoms. The molecule has 1 amide bonds. The lowest BCUT2D eigenvalue weighted by Gasteiger charge is -2.44. The zero-order chi connectivity index (χ0) is 21.6. The molecule has 1 aliphatic heterocycles. The van der Waals surface area contributed by atoms with E-state index in [-0.39, 0.29) is 11.4 Å². The van der Waals surface area contributed by atoms with Gasteiger partial charge in [-0.25, -0.2) is 13.2 Å². The number of carboxylic acid groups (broad SMARTS) is 1. The highest BCUT2D eigenvalue weighted by molar-refractivity contribution is 7.92. The third-order valence-electron chi connectivity index (χ3n) is 4.91. The highest BCUT2D eigenvalue weighted by Gasteiger charge is 2.41. The number of anilines is 2. The molecular weight excluding hydrogens is 392 g/mol. The molecular formula is C20H26N4O4S. The van der Waals surface area contributed by atoms with Crippen molar-refractivity contribution in [3.8, 4) is 0 Å². The lowest BCUT2D eigenvalue weighted by atomic mass is 9.97. The molecule has 1 aliphatic rings. The molecule has 0 radical (unpaired) electrons. The van der Waals surface area contributed by atoms with Crippen LogP contribution in [0.15, 0.2) is 41.4 Å². The molecule has 0 aliphatic carbocycles. The number of nitrogens with zero attached hydrogens (tertiary/aromatic N) is 3. The van der Waals surface area contributed by atoms with Crippen LogP contribution in [0.1, 0.15) is 32.0 Å². The lowest BCUT2D eigenvalue weighted by molar-refractivity contribution is 0.0713. The van der Waals surface area contributed by atoms with Crippen LogP contribution in [0.25, 0.3) is 0 Å². The van der Waals surface area contributed by atoms with Crippen molar-refractivity contribution in [3.63, 3.8) is 0 Å². The molecule has 0 saturated heterocycles. The molecule has 1 aromatic carbocycles. The van der Waals surface area contributed by atoms with Crippen LogP contribution < -0.4 is 10.0 Å². The van der Waals surface area contributed by atoms with Crippen molar-refractivity contribution in [3.05, 3.63) is 47.8 Å². The van der Waals surface area contributed by atoms with Crippen molar-refractivity contribution < 1.29 is 18.3 Å². The van der Waals surface area contributed by atoms with E-state index < -0.39 is 27.7 Å². The molecule has 1 atom stereocenters. The van der Waals surface area contributed by atoms with Gasteiger partial charge in [0.1, 0.15) is 0 Å². The minimum Gasteiger partial charge on any atom is -0.465 e. The van der Waals surface area contributed by atoms with Crippen molar-refractivity contribution in [1.82, 2.24) is 9.88 Å². The first-order valence-electron chi connectivity index (χ1n) is 9.27. The number of aromatic nitrogens is 1. The molecule has 8 nitrogen and oxygen atoms in total. The van der Waals surface area contributed by atoms with Gasteiger partial charge >= 0.3 is 6.09 Å². The monoisotopic (exact) mass is 418 g/mol. The van der Waals surface area contributed by atoms with Crippen LogP contribution in [0.4, 0.5) is 16.2 Å². The van der Waals surface area contributed by atoms with Gasteiger partial charge in [0.25, 0.3) is 10.0 Å². The minimum atomic E-state index is -3.93. The van der Waals surface area contributed by atoms with Gasteiger partial charge in [0.15, 0.2) is 0 Å². The molecule has 2 heterocycles. The number of hydrogen-bond acceptors (Lipinski definition) is 5. The number of fused-ring (bicyclic) bond motifs is 1. The summed E-state index contributed by atoms with van der Waals surface area (Å²) in [5.74, 6) is 0. The Kier molecular flexibility index (Phi) is 5.20. The van der Waals surface area contributed by atoms with Gasteiger partial charge in [-0.1, -0.05) is 12.1 Å². The minimum absolute atomic E-state index is 0.0159. The Morgan fingerprint density at radius 3 is 2.59 bits per heavy atom. The summed E-state index contributed by atoms with van der Waals surface area (Å²) < 4.78 is 28.2. The second kappa shape index (κ2) is 7.22. The van der Waals surface area contributed by atoms with Gasteiger partial charge in [-0.15, -0.1) is 0 Å². The third-order valence-corrected chi connectivity index (χ3v) is 6.69. The Labute approximate surface area is 171 Å². The Bertz CT molecular complexity index is 1050. The average Bonchev–Trinajstić information content (AvgIpc) is 2.59. The van der Waals surface area contributed by atoms with Crippen molar-refractivity contribution >= 4 is 27.5 Å². The van der Waals surface area contributed by atoms with E-state index in [2.05, 4.69) is 4.98 Å². The topological polar surface area (TPSA) is 117 Å². The summed E-state index contributed by atoms with van der Waals surface area (Å²) >= 11 is 0. The van der Waals surface area contributed by atoms with Crippen LogP contribution in [0.5, 0.6) is 0 Å². The molecule has 0 bridgehead atoms. The molecule has 3 rings (SSSR count). The number of nitrogens with two attached hydrogens (primary N) is 1. The first-order valence-corrected chi connectivity index (χ1v) is 10.7. The zero-order valence-electron chi connectivity index (χ0n) is 17.0. The Morgan fingerprint density at radius 2 is 2.00 bits per heavy atom. The van der Waals surface area contributed by atoms with Crippen molar-refractivity contribution in [1.29, 1.82) is 0 Å². The van der Waals surface area contributed by atoms with E-state index in [0.717, 1.165) is 5.56 Å². The molecule has 29 heavy (non-hydrogen) atoms. The molecule has 156 valence electrons. The van der Waals surface area contributed by atoms with E-state index in [1.54, 1.807) is 39.0 Å². The quantitative estimate of drug-likeness (QED) is 0.792. The maximum absolute atomic E-state index is 13.5. The fraction of sp³-hybridized carbons (Fsp3) is 0.400. The van der Waals surface area contributed by atoms with E-state index in [1.165, 1.54) is 21.5 Å². The number of amides is 1. The SMILES string of the molecule is Cc1cccc(S(=O)(=O)N2CC(N(C(=O)O)C(C)(C)C)Cc3ncc(N)cc32)c1. The Balaban J connectivity index is 2.15. The number of hydrogen-bond donors (Lipinski definition) is 2. The van der Waals surface area contributed by atoms with Gasteiger partial charge in [-0.2, -0.15) is 0 Å². The highest BCUT2D eigenvalue weighted by Crippen LogP contribution is 2.35. The van der Waals surface area contributed by atoms with Gasteiger partial charge in [0.05, 0.1) is 40.7 Å². The summed E-state index contributed by atoms with van der Waals surface area (Å²) in [6, 6.07) is 7.61. The van der Waals surface area contributed by atoms with Crippen LogP contribution in [0.2, 0.25) is 0 Å². The van der Waals surface area contributed by atoms with Crippen molar-refractivity contribution in [2.75, 3.05) is 16.6 Å². The van der Waals surface area contributed by atoms with E-state index >= 15 is 0 Å². The molecule has 0 fully saturated rings. The first kappa shape index (κ1) is 20.9. The second-order valence-corrected chi connectivity index (χ2v) is 10.1. The molecule has 9 heteroatoms. The van der Waals surface area contributed by atoms with Gasteiger partial charge in [0, 0.05) is 12.0 Å². The number of rotatable bonds is 3. The van der Waals surface area contributed by atoms with Crippen LogP contribution in [0.3, 0.4) is 0 Å². The summed E-state index contributed by atoms with van der Waals surface area (Å²) in [6.07, 6.45) is 0.661. The smallest absolute Gasteiger partial charge is 0.408 e. The Hall–Kier alpha value is -2.81. The molecule has 3 N–H and O–H groups in total. The number of carbonyl (C=O) groups is 1. The number of nitrogen functional groups attached to an aromatic ring is 1. The number of benzene rings is 1. The van der Waals surface area contributed by atoms with E-state index in [1.807, 2.05) is 13.0 Å². The summed E-state index contributed by atoms with van der Waals surface area (Å²) in [5.41, 5.74) is 7.22. The fourth-order valence-corrected chi connectivity index (χ4v) is 5.37. The summed E-state index contributed by atoms with van der Waals surface area (Å²) in [4.78, 5) is 17.8. The van der Waals surface area contributed by atoms with Crippen LogP contribution >= 0.6 is 0 Å². The fourth-order valence-electron chi connectivity index (χ4n) is 3.74. The zero-order valence-corrected chi connectivity index (χ0v) is 17.8. The second-order valence-electron chi connectivity index (χ2n) is 8.27. The summed E-state index contributed by atoms with van der Waals surface area (Å²) in [6.45, 7) is 7.15. The Morgan fingerprint density at radius 1 is 1.31 bits per heavy atom. The molecule has 2 aromatic rings. The summed E-state index contributed by atoms with van der Waals surface area (Å²) in [7, 11) is -3.93. The maximum atomic E-state index is 13.5. The highest BCUT2D eigenvalue weighted by atomic mass is 32.2. The van der Waals surface area contributed by atoms with Gasteiger partial charge in [-0.05, 0) is 51.5 Å².